The van der Waals surface area contributed by atoms with E-state index in [1.807, 2.05) is 0 Å². The molecular formula is C63H102O6. The van der Waals surface area contributed by atoms with E-state index in [0.29, 0.717) is 19.3 Å². The Bertz CT molecular complexity index is 1470. The number of ether oxygens (including phenoxy) is 3. The molecule has 1 unspecified atom stereocenters. The lowest BCUT2D eigenvalue weighted by molar-refractivity contribution is -0.167. The van der Waals surface area contributed by atoms with Crippen molar-refractivity contribution in [3.8, 4) is 0 Å². The van der Waals surface area contributed by atoms with Gasteiger partial charge in [0.05, 0.1) is 0 Å². The summed E-state index contributed by atoms with van der Waals surface area (Å²) in [6.07, 6.45) is 77.8. The minimum atomic E-state index is -0.805. The highest BCUT2D eigenvalue weighted by molar-refractivity contribution is 5.71. The molecule has 0 aliphatic rings. The molecule has 0 fully saturated rings. The van der Waals surface area contributed by atoms with Crippen molar-refractivity contribution in [3.63, 3.8) is 0 Å². The first-order valence-corrected chi connectivity index (χ1v) is 28.0. The molecule has 0 amide bonds. The van der Waals surface area contributed by atoms with Crippen molar-refractivity contribution in [2.24, 2.45) is 0 Å². The van der Waals surface area contributed by atoms with Crippen LogP contribution < -0.4 is 0 Å². The third-order valence-corrected chi connectivity index (χ3v) is 11.5. The molecule has 0 saturated heterocycles. The molecule has 0 rings (SSSR count). The Hall–Kier alpha value is -4.19. The Labute approximate surface area is 424 Å². The molecule has 69 heavy (non-hydrogen) atoms. The summed E-state index contributed by atoms with van der Waals surface area (Å²) < 4.78 is 16.7. The molecule has 0 bridgehead atoms. The van der Waals surface area contributed by atoms with Gasteiger partial charge in [-0.3, -0.25) is 14.4 Å². The maximum atomic E-state index is 12.8. The van der Waals surface area contributed by atoms with Crippen LogP contribution in [0.25, 0.3) is 0 Å². The molecule has 1 atom stereocenters. The summed E-state index contributed by atoms with van der Waals surface area (Å²) in [5.41, 5.74) is 0. The van der Waals surface area contributed by atoms with E-state index in [9.17, 15) is 14.4 Å². The van der Waals surface area contributed by atoms with Crippen molar-refractivity contribution in [1.29, 1.82) is 0 Å². The summed E-state index contributed by atoms with van der Waals surface area (Å²) in [4.78, 5) is 37.9. The summed E-state index contributed by atoms with van der Waals surface area (Å²) in [6, 6.07) is 0. The number of rotatable bonds is 49. The first-order chi connectivity index (χ1) is 34.0. The first kappa shape index (κ1) is 64.8. The van der Waals surface area contributed by atoms with Gasteiger partial charge in [0.15, 0.2) is 6.10 Å². The molecular weight excluding hydrogens is 853 g/mol. The number of carbonyl (C=O) groups is 3. The van der Waals surface area contributed by atoms with Crippen LogP contribution in [-0.2, 0) is 28.6 Å². The monoisotopic (exact) mass is 955 g/mol. The Morgan fingerprint density at radius 1 is 0.304 bits per heavy atom. The normalized spacial score (nSPS) is 13.0. The fraction of sp³-hybridized carbons (Fsp3) is 0.635. The molecule has 0 aromatic carbocycles. The van der Waals surface area contributed by atoms with Crippen LogP contribution in [0.3, 0.4) is 0 Å². The van der Waals surface area contributed by atoms with Crippen molar-refractivity contribution < 1.29 is 28.6 Å². The van der Waals surface area contributed by atoms with E-state index in [-0.39, 0.29) is 37.5 Å². The Morgan fingerprint density at radius 3 is 0.971 bits per heavy atom. The van der Waals surface area contributed by atoms with E-state index in [1.165, 1.54) is 77.0 Å². The second-order valence-electron chi connectivity index (χ2n) is 18.1. The van der Waals surface area contributed by atoms with Crippen LogP contribution in [0.2, 0.25) is 0 Å². The van der Waals surface area contributed by atoms with Crippen LogP contribution in [0.5, 0.6) is 0 Å². The average molecular weight is 956 g/mol. The minimum absolute atomic E-state index is 0.100. The summed E-state index contributed by atoms with van der Waals surface area (Å²) in [7, 11) is 0. The van der Waals surface area contributed by atoms with Gasteiger partial charge in [-0.15, -0.1) is 0 Å². The van der Waals surface area contributed by atoms with Crippen molar-refractivity contribution in [2.75, 3.05) is 13.2 Å². The van der Waals surface area contributed by atoms with Gasteiger partial charge < -0.3 is 14.2 Å². The van der Waals surface area contributed by atoms with E-state index in [0.717, 1.165) is 116 Å². The molecule has 0 spiro atoms. The van der Waals surface area contributed by atoms with Crippen molar-refractivity contribution in [3.05, 3.63) is 122 Å². The van der Waals surface area contributed by atoms with Crippen LogP contribution in [-0.4, -0.2) is 37.2 Å². The van der Waals surface area contributed by atoms with Gasteiger partial charge in [0.25, 0.3) is 0 Å². The van der Waals surface area contributed by atoms with E-state index in [1.54, 1.807) is 0 Å². The van der Waals surface area contributed by atoms with Gasteiger partial charge in [0.1, 0.15) is 13.2 Å². The van der Waals surface area contributed by atoms with Crippen LogP contribution >= 0.6 is 0 Å². The molecule has 0 radical (unpaired) electrons. The molecule has 0 aromatic heterocycles. The molecule has 0 aliphatic heterocycles. The number of carbonyl (C=O) groups excluding carboxylic acids is 3. The molecule has 0 saturated carbocycles. The first-order valence-electron chi connectivity index (χ1n) is 28.0. The second kappa shape index (κ2) is 56.4. The maximum absolute atomic E-state index is 12.8. The lowest BCUT2D eigenvalue weighted by Crippen LogP contribution is -2.30. The van der Waals surface area contributed by atoms with Gasteiger partial charge in [-0.25, -0.2) is 0 Å². The van der Waals surface area contributed by atoms with E-state index < -0.39 is 6.10 Å². The highest BCUT2D eigenvalue weighted by atomic mass is 16.6. The fourth-order valence-corrected chi connectivity index (χ4v) is 7.26. The lowest BCUT2D eigenvalue weighted by atomic mass is 10.1. The van der Waals surface area contributed by atoms with Gasteiger partial charge in [-0.1, -0.05) is 232 Å². The zero-order valence-electron chi connectivity index (χ0n) is 44.5. The van der Waals surface area contributed by atoms with Crippen LogP contribution in [0, 0.1) is 0 Å². The number of allylic oxidation sites excluding steroid dienone is 20. The summed E-state index contributed by atoms with van der Waals surface area (Å²) in [6.45, 7) is 6.42. The highest BCUT2D eigenvalue weighted by Gasteiger charge is 2.19. The van der Waals surface area contributed by atoms with E-state index in [2.05, 4.69) is 142 Å². The van der Waals surface area contributed by atoms with Crippen LogP contribution in [0.15, 0.2) is 122 Å². The number of unbranched alkanes of at least 4 members (excludes halogenated alkanes) is 18. The SMILES string of the molecule is CC/C=C\C/C=C\C/C=C\C/C=C\C/C=C\C/C=C\C/C=C\C/C=C\C/C=C\CCCC(=O)OCC(COC(=O)CCCCCCCCCCC)OC(=O)CCCCCCC/C=C\CCCCCC. The average Bonchev–Trinajstić information content (AvgIpc) is 3.35. The fourth-order valence-electron chi connectivity index (χ4n) is 7.26. The number of hydrogen-bond donors (Lipinski definition) is 0. The maximum Gasteiger partial charge on any atom is 0.306 e. The van der Waals surface area contributed by atoms with Gasteiger partial charge in [0.2, 0.25) is 0 Å². The molecule has 0 N–H and O–H groups in total. The molecule has 0 aliphatic carbocycles. The largest absolute Gasteiger partial charge is 0.462 e. The zero-order chi connectivity index (χ0) is 50.0. The van der Waals surface area contributed by atoms with Crippen molar-refractivity contribution in [2.45, 2.75) is 245 Å². The topological polar surface area (TPSA) is 78.9 Å². The molecule has 6 nitrogen and oxygen atoms in total. The quantitative estimate of drug-likeness (QED) is 0.0262. The van der Waals surface area contributed by atoms with Gasteiger partial charge in [0, 0.05) is 19.3 Å². The Morgan fingerprint density at radius 2 is 0.580 bits per heavy atom. The molecule has 0 aromatic rings. The van der Waals surface area contributed by atoms with E-state index >= 15 is 0 Å². The van der Waals surface area contributed by atoms with Gasteiger partial charge >= 0.3 is 17.9 Å². The van der Waals surface area contributed by atoms with Gasteiger partial charge in [-0.2, -0.15) is 0 Å². The number of hydrogen-bond acceptors (Lipinski definition) is 6. The Balaban J connectivity index is 4.36. The third kappa shape index (κ3) is 54.6. The Kier molecular flexibility index (Phi) is 53.0. The molecule has 0 heterocycles. The predicted molar refractivity (Wildman–Crippen MR) is 297 cm³/mol. The standard InChI is InChI=1S/C63H102O6/c1-4-7-10-13-16-19-21-23-24-25-26-27-28-29-30-31-32-33-34-35-36-37-38-40-41-44-47-50-53-56-62(65)68-59-60(58-67-61(64)55-52-49-46-43-18-15-12-9-6-3)69-63(66)57-54-51-48-45-42-39-22-20-17-14-11-8-5-2/h7,10,16,19-20,22-24,26-27,29-30,32-33,35-36,38,40,44,47,60H,4-6,8-9,11-15,17-18,21,25,28,31,34,37,39,41-43,45-46,48-59H2,1-3H3/b10-7-,19-16-,22-20-,24-23-,27-26-,30-29-,33-32-,36-35-,40-38-,47-44-. The van der Waals surface area contributed by atoms with Crippen molar-refractivity contribution in [1.82, 2.24) is 0 Å². The predicted octanol–water partition coefficient (Wildman–Crippen LogP) is 18.9. The highest BCUT2D eigenvalue weighted by Crippen LogP contribution is 2.13. The minimum Gasteiger partial charge on any atom is -0.462 e. The third-order valence-electron chi connectivity index (χ3n) is 11.5. The summed E-state index contributed by atoms with van der Waals surface area (Å²) in [5.74, 6) is -0.979. The van der Waals surface area contributed by atoms with Crippen LogP contribution in [0.4, 0.5) is 0 Å². The number of esters is 3. The second-order valence-corrected chi connectivity index (χ2v) is 18.1. The summed E-state index contributed by atoms with van der Waals surface area (Å²) in [5, 5.41) is 0. The van der Waals surface area contributed by atoms with Gasteiger partial charge in [-0.05, 0) is 109 Å². The molecule has 6 heteroatoms. The van der Waals surface area contributed by atoms with E-state index in [4.69, 9.17) is 14.2 Å². The smallest absolute Gasteiger partial charge is 0.306 e. The zero-order valence-corrected chi connectivity index (χ0v) is 44.5. The van der Waals surface area contributed by atoms with Crippen molar-refractivity contribution >= 4 is 17.9 Å². The summed E-state index contributed by atoms with van der Waals surface area (Å²) >= 11 is 0. The van der Waals surface area contributed by atoms with Crippen LogP contribution in [0.1, 0.15) is 239 Å². The molecule has 390 valence electrons. The lowest BCUT2D eigenvalue weighted by Gasteiger charge is -2.18.